The number of nitrogens with zero attached hydrogens (tertiary/aromatic N) is 1. The molecule has 0 spiro atoms. The average molecular weight is 458 g/mol. The molecule has 0 rings (SSSR count). The van der Waals surface area contributed by atoms with E-state index in [0.717, 1.165) is 18.9 Å². The predicted octanol–water partition coefficient (Wildman–Crippen LogP) is 2.50. The summed E-state index contributed by atoms with van der Waals surface area (Å²) in [6.07, 6.45) is 0.386. The molecule has 0 aliphatic heterocycles. The third-order valence-electron chi connectivity index (χ3n) is 2.83. The maximum atomic E-state index is 11.5. The molecule has 8 heteroatoms. The highest BCUT2D eigenvalue weighted by Gasteiger charge is 2.16. The smallest absolute Gasteiger partial charge is 0.407 e. The van der Waals surface area contributed by atoms with Crippen LogP contribution in [-0.2, 0) is 9.47 Å². The van der Waals surface area contributed by atoms with E-state index in [2.05, 4.69) is 20.9 Å². The van der Waals surface area contributed by atoms with Crippen molar-refractivity contribution in [3.63, 3.8) is 0 Å². The van der Waals surface area contributed by atoms with Crippen LogP contribution < -0.4 is 16.0 Å². The maximum Gasteiger partial charge on any atom is 0.407 e. The maximum absolute atomic E-state index is 11.5. The zero-order valence-corrected chi connectivity index (χ0v) is 18.4. The molecular formula is C16H35IN4O3. The van der Waals surface area contributed by atoms with Crippen molar-refractivity contribution in [2.45, 2.75) is 59.2 Å². The van der Waals surface area contributed by atoms with Crippen molar-refractivity contribution in [3.8, 4) is 0 Å². The monoisotopic (exact) mass is 458 g/mol. The molecule has 0 unspecified atom stereocenters. The SMILES string of the molecule is CCNC(=NCC(C)(C)OC)NCCCNC(=O)OC(C)(C)C.I. The first-order valence-electron chi connectivity index (χ1n) is 8.14. The van der Waals surface area contributed by atoms with E-state index in [1.807, 2.05) is 41.5 Å². The van der Waals surface area contributed by atoms with Crippen molar-refractivity contribution in [2.24, 2.45) is 4.99 Å². The lowest BCUT2D eigenvalue weighted by molar-refractivity contribution is 0.0310. The van der Waals surface area contributed by atoms with Gasteiger partial charge in [-0.3, -0.25) is 4.99 Å². The van der Waals surface area contributed by atoms with Gasteiger partial charge in [0.05, 0.1) is 12.1 Å². The number of alkyl carbamates (subject to hydrolysis) is 1. The number of halogens is 1. The Morgan fingerprint density at radius 3 is 2.12 bits per heavy atom. The van der Waals surface area contributed by atoms with Crippen LogP contribution in [-0.4, -0.2) is 56.5 Å². The summed E-state index contributed by atoms with van der Waals surface area (Å²) in [5, 5.41) is 9.14. The van der Waals surface area contributed by atoms with Gasteiger partial charge in [-0.2, -0.15) is 0 Å². The molecule has 24 heavy (non-hydrogen) atoms. The van der Waals surface area contributed by atoms with Crippen molar-refractivity contribution in [1.29, 1.82) is 0 Å². The van der Waals surface area contributed by atoms with E-state index in [1.54, 1.807) is 7.11 Å². The Kier molecular flexibility index (Phi) is 13.3. The second kappa shape index (κ2) is 12.6. The molecule has 0 aliphatic carbocycles. The Bertz CT molecular complexity index is 382. The van der Waals surface area contributed by atoms with Gasteiger partial charge in [0.2, 0.25) is 0 Å². The summed E-state index contributed by atoms with van der Waals surface area (Å²) in [7, 11) is 1.68. The standard InChI is InChI=1S/C16H34N4O3.HI/c1-8-17-13(20-12-16(5,6)22-7)18-10-9-11-19-14(21)23-15(2,3)4;/h8-12H2,1-7H3,(H,19,21)(H2,17,18,20);1H. The number of nitrogens with one attached hydrogen (secondary N) is 3. The van der Waals surface area contributed by atoms with Crippen LogP contribution in [0.25, 0.3) is 0 Å². The number of carbonyl (C=O) groups excluding carboxylic acids is 1. The topological polar surface area (TPSA) is 84.0 Å². The van der Waals surface area contributed by atoms with Crippen molar-refractivity contribution < 1.29 is 14.3 Å². The fourth-order valence-electron chi connectivity index (χ4n) is 1.48. The molecule has 3 N–H and O–H groups in total. The minimum absolute atomic E-state index is 0. The minimum Gasteiger partial charge on any atom is -0.444 e. The quantitative estimate of drug-likeness (QED) is 0.225. The number of carbonyl (C=O) groups is 1. The normalized spacial score (nSPS) is 12.2. The van der Waals surface area contributed by atoms with E-state index in [1.165, 1.54) is 0 Å². The van der Waals surface area contributed by atoms with Crippen LogP contribution in [0.3, 0.4) is 0 Å². The van der Waals surface area contributed by atoms with E-state index in [4.69, 9.17) is 9.47 Å². The van der Waals surface area contributed by atoms with Crippen LogP contribution in [0.5, 0.6) is 0 Å². The lowest BCUT2D eigenvalue weighted by Gasteiger charge is -2.21. The van der Waals surface area contributed by atoms with Gasteiger partial charge in [-0.1, -0.05) is 0 Å². The molecule has 0 bridgehead atoms. The van der Waals surface area contributed by atoms with E-state index in [-0.39, 0.29) is 35.7 Å². The zero-order chi connectivity index (χ0) is 17.9. The van der Waals surface area contributed by atoms with Crippen molar-refractivity contribution in [2.75, 3.05) is 33.3 Å². The highest BCUT2D eigenvalue weighted by Crippen LogP contribution is 2.07. The highest BCUT2D eigenvalue weighted by molar-refractivity contribution is 14.0. The van der Waals surface area contributed by atoms with E-state index in [9.17, 15) is 4.79 Å². The predicted molar refractivity (Wildman–Crippen MR) is 109 cm³/mol. The summed E-state index contributed by atoms with van der Waals surface area (Å²) in [4.78, 5) is 16.0. The minimum atomic E-state index is -0.471. The average Bonchev–Trinajstić information content (AvgIpc) is 2.42. The van der Waals surface area contributed by atoms with E-state index < -0.39 is 5.60 Å². The molecule has 0 fully saturated rings. The molecular weight excluding hydrogens is 423 g/mol. The Labute approximate surface area is 163 Å². The highest BCUT2D eigenvalue weighted by atomic mass is 127. The summed E-state index contributed by atoms with van der Waals surface area (Å²) in [5.74, 6) is 0.745. The second-order valence-electron chi connectivity index (χ2n) is 6.87. The summed E-state index contributed by atoms with van der Waals surface area (Å²) < 4.78 is 10.5. The first kappa shape index (κ1) is 25.5. The van der Waals surface area contributed by atoms with Gasteiger partial charge in [-0.15, -0.1) is 24.0 Å². The number of guanidine groups is 1. The molecule has 1 amide bonds. The molecule has 0 atom stereocenters. The third kappa shape index (κ3) is 14.8. The number of rotatable bonds is 8. The first-order valence-corrected chi connectivity index (χ1v) is 8.14. The van der Waals surface area contributed by atoms with Crippen LogP contribution in [0.15, 0.2) is 4.99 Å². The Morgan fingerprint density at radius 1 is 1.04 bits per heavy atom. The van der Waals surface area contributed by atoms with Gasteiger partial charge in [-0.05, 0) is 48.0 Å². The second-order valence-corrected chi connectivity index (χ2v) is 6.87. The van der Waals surface area contributed by atoms with Gasteiger partial charge in [-0.25, -0.2) is 4.79 Å². The van der Waals surface area contributed by atoms with Gasteiger partial charge < -0.3 is 25.4 Å². The van der Waals surface area contributed by atoms with Gasteiger partial charge in [0.15, 0.2) is 5.96 Å². The van der Waals surface area contributed by atoms with Crippen LogP contribution in [0.1, 0.15) is 48.0 Å². The molecule has 0 aromatic rings. The molecule has 0 radical (unpaired) electrons. The van der Waals surface area contributed by atoms with Crippen molar-refractivity contribution >= 4 is 36.0 Å². The summed E-state index contributed by atoms with van der Waals surface area (Å²) >= 11 is 0. The Hall–Kier alpha value is -0.770. The van der Waals surface area contributed by atoms with E-state index in [0.29, 0.717) is 19.6 Å². The molecule has 0 saturated heterocycles. The molecule has 7 nitrogen and oxygen atoms in total. The summed E-state index contributed by atoms with van der Waals surface area (Å²) in [5.41, 5.74) is -0.762. The fraction of sp³-hybridized carbons (Fsp3) is 0.875. The molecule has 0 aliphatic rings. The fourth-order valence-corrected chi connectivity index (χ4v) is 1.48. The Morgan fingerprint density at radius 2 is 1.62 bits per heavy atom. The molecule has 144 valence electrons. The lowest BCUT2D eigenvalue weighted by Crippen LogP contribution is -2.40. The van der Waals surface area contributed by atoms with Crippen LogP contribution in [0.4, 0.5) is 4.79 Å². The van der Waals surface area contributed by atoms with Gasteiger partial charge >= 0.3 is 6.09 Å². The van der Waals surface area contributed by atoms with Crippen molar-refractivity contribution in [3.05, 3.63) is 0 Å². The van der Waals surface area contributed by atoms with Crippen LogP contribution in [0, 0.1) is 0 Å². The summed E-state index contributed by atoms with van der Waals surface area (Å²) in [6.45, 7) is 14.1. The number of hydrogen-bond acceptors (Lipinski definition) is 4. The molecule has 0 aromatic carbocycles. The molecule has 0 aromatic heterocycles. The largest absolute Gasteiger partial charge is 0.444 e. The number of aliphatic imine (C=N–C) groups is 1. The van der Waals surface area contributed by atoms with E-state index >= 15 is 0 Å². The Balaban J connectivity index is 0. The lowest BCUT2D eigenvalue weighted by atomic mass is 10.1. The van der Waals surface area contributed by atoms with Crippen LogP contribution in [0.2, 0.25) is 0 Å². The first-order chi connectivity index (χ1) is 10.6. The van der Waals surface area contributed by atoms with Crippen LogP contribution >= 0.6 is 24.0 Å². The zero-order valence-electron chi connectivity index (χ0n) is 16.1. The number of amides is 1. The number of ether oxygens (including phenoxy) is 2. The van der Waals surface area contributed by atoms with Gasteiger partial charge in [0.25, 0.3) is 0 Å². The summed E-state index contributed by atoms with van der Waals surface area (Å²) in [6, 6.07) is 0. The molecule has 0 saturated carbocycles. The van der Waals surface area contributed by atoms with Gasteiger partial charge in [0.1, 0.15) is 5.60 Å². The van der Waals surface area contributed by atoms with Crippen molar-refractivity contribution in [1.82, 2.24) is 16.0 Å². The third-order valence-corrected chi connectivity index (χ3v) is 2.83. The number of hydrogen-bond donors (Lipinski definition) is 3. The van der Waals surface area contributed by atoms with Gasteiger partial charge in [0, 0.05) is 26.7 Å². The molecule has 0 heterocycles. The number of methoxy groups -OCH3 is 1.